The van der Waals surface area contributed by atoms with Crippen molar-refractivity contribution < 1.29 is 4.74 Å². The Bertz CT molecular complexity index is 455. The van der Waals surface area contributed by atoms with E-state index < -0.39 is 0 Å². The van der Waals surface area contributed by atoms with E-state index in [1.807, 2.05) is 17.8 Å². The summed E-state index contributed by atoms with van der Waals surface area (Å²) in [6, 6.07) is 6.25. The largest absolute Gasteiger partial charge is 0.487 e. The van der Waals surface area contributed by atoms with Crippen molar-refractivity contribution in [1.29, 1.82) is 0 Å². The molecule has 0 amide bonds. The second-order valence-electron chi connectivity index (χ2n) is 5.61. The summed E-state index contributed by atoms with van der Waals surface area (Å²) in [6.45, 7) is 0.711. The highest BCUT2D eigenvalue weighted by Gasteiger charge is 2.34. The average Bonchev–Trinajstić information content (AvgIpc) is 2.85. The third-order valence-electron chi connectivity index (χ3n) is 4.40. The van der Waals surface area contributed by atoms with E-state index in [-0.39, 0.29) is 5.41 Å². The summed E-state index contributed by atoms with van der Waals surface area (Å²) in [5, 5.41) is 0.731. The van der Waals surface area contributed by atoms with Crippen LogP contribution in [0.15, 0.2) is 18.2 Å². The zero-order valence-corrected chi connectivity index (χ0v) is 12.6. The third-order valence-corrected chi connectivity index (χ3v) is 5.91. The summed E-state index contributed by atoms with van der Waals surface area (Å²) >= 11 is 8.29. The number of nitrogens with two attached hydrogens (primary N) is 1. The van der Waals surface area contributed by atoms with Crippen molar-refractivity contribution in [3.05, 3.63) is 28.8 Å². The Kier molecular flexibility index (Phi) is 3.97. The highest BCUT2D eigenvalue weighted by Crippen LogP contribution is 2.42. The summed E-state index contributed by atoms with van der Waals surface area (Å²) < 4.78 is 5.88. The zero-order valence-electron chi connectivity index (χ0n) is 11.0. The molecule has 0 spiro atoms. The molecular formula is C15H20ClNOS. The molecule has 2 N–H and O–H groups in total. The van der Waals surface area contributed by atoms with E-state index in [0.29, 0.717) is 12.6 Å². The van der Waals surface area contributed by atoms with Gasteiger partial charge in [-0.2, -0.15) is 11.8 Å². The van der Waals surface area contributed by atoms with Crippen LogP contribution >= 0.6 is 23.4 Å². The molecule has 1 saturated heterocycles. The molecule has 1 aliphatic carbocycles. The van der Waals surface area contributed by atoms with E-state index in [4.69, 9.17) is 22.1 Å². The summed E-state index contributed by atoms with van der Waals surface area (Å²) in [7, 11) is 0. The lowest BCUT2D eigenvalue weighted by Gasteiger charge is -2.30. The fourth-order valence-electron chi connectivity index (χ4n) is 3.05. The van der Waals surface area contributed by atoms with Crippen LogP contribution in [0.3, 0.4) is 0 Å². The molecule has 4 heteroatoms. The zero-order chi connectivity index (χ0) is 13.3. The normalized spacial score (nSPS) is 22.2. The van der Waals surface area contributed by atoms with Crippen LogP contribution in [0.4, 0.5) is 0 Å². The molecule has 2 fully saturated rings. The smallest absolute Gasteiger partial charge is 0.138 e. The second kappa shape index (κ2) is 5.55. The molecule has 19 heavy (non-hydrogen) atoms. The van der Waals surface area contributed by atoms with E-state index in [1.165, 1.54) is 31.2 Å². The van der Waals surface area contributed by atoms with Crippen LogP contribution < -0.4 is 10.5 Å². The third kappa shape index (κ3) is 2.61. The van der Waals surface area contributed by atoms with Crippen LogP contribution in [0.5, 0.6) is 5.75 Å². The molecule has 104 valence electrons. The topological polar surface area (TPSA) is 35.2 Å². The van der Waals surface area contributed by atoms with Gasteiger partial charge in [-0.3, -0.25) is 0 Å². The number of benzene rings is 1. The Hall–Kier alpha value is -0.380. The minimum atomic E-state index is 0.147. The first-order chi connectivity index (χ1) is 9.23. The fourth-order valence-corrected chi connectivity index (χ4v) is 3.84. The molecular weight excluding hydrogens is 278 g/mol. The van der Waals surface area contributed by atoms with Crippen LogP contribution in [-0.4, -0.2) is 24.2 Å². The van der Waals surface area contributed by atoms with Gasteiger partial charge in [0, 0.05) is 23.5 Å². The van der Waals surface area contributed by atoms with Crippen LogP contribution in [0.1, 0.15) is 31.2 Å². The van der Waals surface area contributed by atoms with Crippen molar-refractivity contribution in [1.82, 2.24) is 0 Å². The molecule has 0 unspecified atom stereocenters. The summed E-state index contributed by atoms with van der Waals surface area (Å²) in [5.41, 5.74) is 7.46. The van der Waals surface area contributed by atoms with Crippen molar-refractivity contribution >= 4 is 23.4 Å². The maximum absolute atomic E-state index is 6.38. The molecule has 2 aliphatic rings. The lowest BCUT2D eigenvalue weighted by molar-refractivity contribution is 0.240. The van der Waals surface area contributed by atoms with Gasteiger partial charge in [-0.15, -0.1) is 0 Å². The monoisotopic (exact) mass is 297 g/mol. The summed E-state index contributed by atoms with van der Waals surface area (Å²) in [6.07, 6.45) is 5.24. The maximum Gasteiger partial charge on any atom is 0.138 e. The minimum Gasteiger partial charge on any atom is -0.487 e. The quantitative estimate of drug-likeness (QED) is 0.922. The SMILES string of the molecule is NCC1(c2ccc(OC3CSC3)c(Cl)c2)CCCC1. The second-order valence-corrected chi connectivity index (χ2v) is 7.10. The summed E-state index contributed by atoms with van der Waals surface area (Å²) in [5.74, 6) is 2.97. The Morgan fingerprint density at radius 3 is 2.58 bits per heavy atom. The van der Waals surface area contributed by atoms with Crippen LogP contribution in [0.25, 0.3) is 0 Å². The lowest BCUT2D eigenvalue weighted by atomic mass is 9.79. The maximum atomic E-state index is 6.38. The van der Waals surface area contributed by atoms with Crippen LogP contribution in [-0.2, 0) is 5.41 Å². The molecule has 1 saturated carbocycles. The molecule has 0 bridgehead atoms. The predicted octanol–water partition coefficient (Wildman–Crippen LogP) is 3.60. The van der Waals surface area contributed by atoms with E-state index in [1.54, 1.807) is 0 Å². The van der Waals surface area contributed by atoms with E-state index in [9.17, 15) is 0 Å². The molecule has 1 aliphatic heterocycles. The fraction of sp³-hybridized carbons (Fsp3) is 0.600. The van der Waals surface area contributed by atoms with Gasteiger partial charge >= 0.3 is 0 Å². The van der Waals surface area contributed by atoms with Gasteiger partial charge in [0.15, 0.2) is 0 Å². The van der Waals surface area contributed by atoms with Gasteiger partial charge in [-0.1, -0.05) is 30.5 Å². The summed E-state index contributed by atoms with van der Waals surface area (Å²) in [4.78, 5) is 0. The van der Waals surface area contributed by atoms with Crippen molar-refractivity contribution in [3.63, 3.8) is 0 Å². The van der Waals surface area contributed by atoms with Crippen molar-refractivity contribution in [3.8, 4) is 5.75 Å². The van der Waals surface area contributed by atoms with E-state index >= 15 is 0 Å². The molecule has 1 aromatic rings. The van der Waals surface area contributed by atoms with Gasteiger partial charge in [0.25, 0.3) is 0 Å². The standard InChI is InChI=1S/C15H20ClNOS/c16-13-7-11(15(10-17)5-1-2-6-15)3-4-14(13)18-12-8-19-9-12/h3-4,7,12H,1-2,5-6,8-10,17H2. The minimum absolute atomic E-state index is 0.147. The molecule has 1 heterocycles. The first-order valence-electron chi connectivity index (χ1n) is 6.98. The number of halogens is 1. The number of hydrogen-bond acceptors (Lipinski definition) is 3. The van der Waals surface area contributed by atoms with Crippen LogP contribution in [0, 0.1) is 0 Å². The molecule has 2 nitrogen and oxygen atoms in total. The van der Waals surface area contributed by atoms with Gasteiger partial charge in [0.05, 0.1) is 5.02 Å². The Morgan fingerprint density at radius 1 is 1.32 bits per heavy atom. The number of ether oxygens (including phenoxy) is 1. The molecule has 3 rings (SSSR count). The molecule has 0 atom stereocenters. The number of rotatable bonds is 4. The van der Waals surface area contributed by atoms with Gasteiger partial charge < -0.3 is 10.5 Å². The number of hydrogen-bond donors (Lipinski definition) is 1. The Morgan fingerprint density at radius 2 is 2.05 bits per heavy atom. The highest BCUT2D eigenvalue weighted by molar-refractivity contribution is 8.00. The Labute approximate surface area is 124 Å². The van der Waals surface area contributed by atoms with Crippen molar-refractivity contribution in [2.24, 2.45) is 5.73 Å². The number of thioether (sulfide) groups is 1. The van der Waals surface area contributed by atoms with E-state index in [0.717, 1.165) is 22.3 Å². The van der Waals surface area contributed by atoms with Crippen molar-refractivity contribution in [2.45, 2.75) is 37.2 Å². The van der Waals surface area contributed by atoms with Gasteiger partial charge in [-0.05, 0) is 30.5 Å². The molecule has 0 radical (unpaired) electrons. The van der Waals surface area contributed by atoms with E-state index in [2.05, 4.69) is 12.1 Å². The molecule has 0 aromatic heterocycles. The lowest BCUT2D eigenvalue weighted by Crippen LogP contribution is -2.32. The van der Waals surface area contributed by atoms with Gasteiger partial charge in [-0.25, -0.2) is 0 Å². The van der Waals surface area contributed by atoms with Crippen LogP contribution in [0.2, 0.25) is 5.02 Å². The van der Waals surface area contributed by atoms with Gasteiger partial charge in [0.1, 0.15) is 11.9 Å². The van der Waals surface area contributed by atoms with Crippen molar-refractivity contribution in [2.75, 3.05) is 18.1 Å². The molecule has 1 aromatic carbocycles. The highest BCUT2D eigenvalue weighted by atomic mass is 35.5. The predicted molar refractivity (Wildman–Crippen MR) is 82.4 cm³/mol. The Balaban J connectivity index is 1.81. The average molecular weight is 298 g/mol. The first kappa shape index (κ1) is 13.6. The van der Waals surface area contributed by atoms with Gasteiger partial charge in [0.2, 0.25) is 0 Å². The first-order valence-corrected chi connectivity index (χ1v) is 8.51.